The second-order valence-electron chi connectivity index (χ2n) is 6.63. The van der Waals surface area contributed by atoms with E-state index in [9.17, 15) is 22.4 Å². The number of hydrogen-bond acceptors (Lipinski definition) is 4. The third-order valence-corrected chi connectivity index (χ3v) is 5.24. The number of ether oxygens (including phenoxy) is 1. The van der Waals surface area contributed by atoms with Crippen molar-refractivity contribution in [3.05, 3.63) is 68.4 Å². The van der Waals surface area contributed by atoms with Crippen LogP contribution in [0.4, 0.5) is 17.6 Å². The molecular formula is C20H15Cl2F4NO3. The molecule has 0 saturated carbocycles. The molecule has 0 radical (unpaired) electrons. The molecule has 1 atom stereocenters. The van der Waals surface area contributed by atoms with Gasteiger partial charge in [-0.15, -0.1) is 0 Å². The summed E-state index contributed by atoms with van der Waals surface area (Å²) < 4.78 is 60.8. The van der Waals surface area contributed by atoms with Crippen LogP contribution in [0.2, 0.25) is 10.0 Å². The second-order valence-corrected chi connectivity index (χ2v) is 7.45. The summed E-state index contributed by atoms with van der Waals surface area (Å²) in [7, 11) is 0. The number of esters is 1. The summed E-state index contributed by atoms with van der Waals surface area (Å²) in [5.41, 5.74) is -2.21. The Kier molecular flexibility index (Phi) is 6.02. The lowest BCUT2D eigenvalue weighted by atomic mass is 9.86. The van der Waals surface area contributed by atoms with E-state index in [0.29, 0.717) is 16.7 Å². The van der Waals surface area contributed by atoms with Gasteiger partial charge in [0, 0.05) is 12.0 Å². The smallest absolute Gasteiger partial charge is 0.435 e. The number of carbonyl (C=O) groups excluding carboxylic acids is 1. The minimum absolute atomic E-state index is 0.00223. The van der Waals surface area contributed by atoms with Crippen molar-refractivity contribution >= 4 is 34.9 Å². The van der Waals surface area contributed by atoms with Crippen LogP contribution in [-0.2, 0) is 15.2 Å². The average Bonchev–Trinajstić information content (AvgIpc) is 3.12. The lowest BCUT2D eigenvalue weighted by molar-refractivity contribution is -0.275. The fourth-order valence-electron chi connectivity index (χ4n) is 3.13. The van der Waals surface area contributed by atoms with Crippen molar-refractivity contribution < 1.29 is 31.9 Å². The predicted octanol–water partition coefficient (Wildman–Crippen LogP) is 6.20. The van der Waals surface area contributed by atoms with Crippen LogP contribution >= 0.6 is 23.2 Å². The van der Waals surface area contributed by atoms with Gasteiger partial charge in [-0.25, -0.2) is 9.18 Å². The standard InChI is InChI=1S/C20H15Cl2F4NO3/c1-3-29-18(28)13-5-4-11(6-10(13)2)16-9-19(30-27-16,20(24,25)26)12-7-14(21)17(23)15(22)8-12/h4-8H,3,9H2,1-2H3. The van der Waals surface area contributed by atoms with Crippen LogP contribution in [0.3, 0.4) is 0 Å². The molecule has 0 N–H and O–H groups in total. The lowest BCUT2D eigenvalue weighted by Gasteiger charge is -2.29. The molecule has 160 valence electrons. The molecule has 1 unspecified atom stereocenters. The molecule has 2 aromatic carbocycles. The molecule has 1 aliphatic heterocycles. The van der Waals surface area contributed by atoms with Crippen LogP contribution in [0, 0.1) is 12.7 Å². The maximum absolute atomic E-state index is 14.0. The molecular weight excluding hydrogens is 449 g/mol. The zero-order valence-corrected chi connectivity index (χ0v) is 17.3. The second kappa shape index (κ2) is 8.07. The van der Waals surface area contributed by atoms with Gasteiger partial charge in [0.15, 0.2) is 5.82 Å². The van der Waals surface area contributed by atoms with Gasteiger partial charge in [0.1, 0.15) is 0 Å². The number of aryl methyl sites for hydroxylation is 1. The van der Waals surface area contributed by atoms with Gasteiger partial charge in [-0.1, -0.05) is 34.4 Å². The number of benzene rings is 2. The van der Waals surface area contributed by atoms with Gasteiger partial charge in [-0.05, 0) is 49.2 Å². The maximum atomic E-state index is 14.0. The Hall–Kier alpha value is -2.32. The Morgan fingerprint density at radius 1 is 1.23 bits per heavy atom. The summed E-state index contributed by atoms with van der Waals surface area (Å²) in [4.78, 5) is 16.8. The SMILES string of the molecule is CCOC(=O)c1ccc(C2=NOC(c3cc(Cl)c(F)c(Cl)c3)(C(F)(F)F)C2)cc1C. The summed E-state index contributed by atoms with van der Waals surface area (Å²) >= 11 is 11.4. The first-order chi connectivity index (χ1) is 14.0. The molecule has 30 heavy (non-hydrogen) atoms. The van der Waals surface area contributed by atoms with E-state index in [4.69, 9.17) is 32.8 Å². The summed E-state index contributed by atoms with van der Waals surface area (Å²) in [6.45, 7) is 3.48. The molecule has 1 heterocycles. The van der Waals surface area contributed by atoms with E-state index in [2.05, 4.69) is 5.16 Å². The van der Waals surface area contributed by atoms with E-state index in [1.165, 1.54) is 18.2 Å². The Balaban J connectivity index is 1.99. The molecule has 10 heteroatoms. The van der Waals surface area contributed by atoms with Crippen molar-refractivity contribution in [2.24, 2.45) is 5.16 Å². The largest absolute Gasteiger partial charge is 0.462 e. The summed E-state index contributed by atoms with van der Waals surface area (Å²) in [6.07, 6.45) is -5.59. The van der Waals surface area contributed by atoms with E-state index < -0.39 is 45.6 Å². The van der Waals surface area contributed by atoms with E-state index in [-0.39, 0.29) is 12.3 Å². The molecule has 0 bridgehead atoms. The number of hydrogen-bond donors (Lipinski definition) is 0. The molecule has 2 aromatic rings. The van der Waals surface area contributed by atoms with E-state index >= 15 is 0 Å². The van der Waals surface area contributed by atoms with Gasteiger partial charge >= 0.3 is 12.1 Å². The Morgan fingerprint density at radius 3 is 2.40 bits per heavy atom. The number of rotatable bonds is 4. The monoisotopic (exact) mass is 463 g/mol. The highest BCUT2D eigenvalue weighted by Crippen LogP contribution is 2.50. The Bertz CT molecular complexity index is 1020. The molecule has 0 aromatic heterocycles. The number of halogens is 6. The van der Waals surface area contributed by atoms with Crippen molar-refractivity contribution in [2.75, 3.05) is 6.61 Å². The van der Waals surface area contributed by atoms with Gasteiger partial charge in [0.05, 0.1) is 27.9 Å². The molecule has 0 amide bonds. The summed E-state index contributed by atoms with van der Waals surface area (Å²) in [5.74, 6) is -1.56. The predicted molar refractivity (Wildman–Crippen MR) is 104 cm³/mol. The van der Waals surface area contributed by atoms with Crippen LogP contribution in [0.15, 0.2) is 35.5 Å². The maximum Gasteiger partial charge on any atom is 0.435 e. The average molecular weight is 464 g/mol. The number of oxime groups is 1. The van der Waals surface area contributed by atoms with Gasteiger partial charge in [-0.2, -0.15) is 13.2 Å². The minimum Gasteiger partial charge on any atom is -0.462 e. The van der Waals surface area contributed by atoms with Crippen molar-refractivity contribution in [1.82, 2.24) is 0 Å². The van der Waals surface area contributed by atoms with Gasteiger partial charge in [0.2, 0.25) is 0 Å². The number of carbonyl (C=O) groups is 1. The highest BCUT2D eigenvalue weighted by molar-refractivity contribution is 6.35. The zero-order valence-electron chi connectivity index (χ0n) is 15.7. The van der Waals surface area contributed by atoms with Crippen molar-refractivity contribution in [3.63, 3.8) is 0 Å². The van der Waals surface area contributed by atoms with E-state index in [0.717, 1.165) is 12.1 Å². The molecule has 0 fully saturated rings. The number of alkyl halides is 3. The molecule has 0 saturated heterocycles. The minimum atomic E-state index is -4.90. The first-order valence-corrected chi connectivity index (χ1v) is 9.50. The Labute approximate surface area is 179 Å². The van der Waals surface area contributed by atoms with Crippen molar-refractivity contribution in [3.8, 4) is 0 Å². The van der Waals surface area contributed by atoms with Crippen molar-refractivity contribution in [1.29, 1.82) is 0 Å². The molecule has 0 aliphatic carbocycles. The van der Waals surface area contributed by atoms with E-state index in [1.54, 1.807) is 13.8 Å². The lowest BCUT2D eigenvalue weighted by Crippen LogP contribution is -2.42. The van der Waals surface area contributed by atoms with Crippen LogP contribution in [0.1, 0.15) is 40.4 Å². The van der Waals surface area contributed by atoms with Crippen LogP contribution in [-0.4, -0.2) is 24.5 Å². The Morgan fingerprint density at radius 2 is 1.87 bits per heavy atom. The van der Waals surface area contributed by atoms with Gasteiger partial charge in [0.25, 0.3) is 5.60 Å². The van der Waals surface area contributed by atoms with Crippen molar-refractivity contribution in [2.45, 2.75) is 32.0 Å². The normalized spacial score (nSPS) is 18.7. The first-order valence-electron chi connectivity index (χ1n) is 8.75. The summed E-state index contributed by atoms with van der Waals surface area (Å²) in [6, 6.07) is 6.07. The van der Waals surface area contributed by atoms with Crippen LogP contribution in [0.5, 0.6) is 0 Å². The molecule has 4 nitrogen and oxygen atoms in total. The highest BCUT2D eigenvalue weighted by Gasteiger charge is 2.62. The van der Waals surface area contributed by atoms with Gasteiger partial charge < -0.3 is 9.57 Å². The molecule has 3 rings (SSSR count). The molecule has 0 spiro atoms. The van der Waals surface area contributed by atoms with Crippen LogP contribution < -0.4 is 0 Å². The molecule has 1 aliphatic rings. The highest BCUT2D eigenvalue weighted by atomic mass is 35.5. The number of nitrogens with zero attached hydrogens (tertiary/aromatic N) is 1. The zero-order chi connectivity index (χ0) is 22.3. The van der Waals surface area contributed by atoms with Crippen LogP contribution in [0.25, 0.3) is 0 Å². The first kappa shape index (κ1) is 22.4. The quantitative estimate of drug-likeness (QED) is 0.308. The topological polar surface area (TPSA) is 47.9 Å². The van der Waals surface area contributed by atoms with Gasteiger partial charge in [-0.3, -0.25) is 0 Å². The third-order valence-electron chi connectivity index (χ3n) is 4.69. The summed E-state index contributed by atoms with van der Waals surface area (Å²) in [5, 5.41) is 2.51. The fraction of sp³-hybridized carbons (Fsp3) is 0.300. The fourth-order valence-corrected chi connectivity index (χ4v) is 3.62. The van der Waals surface area contributed by atoms with E-state index in [1.807, 2.05) is 0 Å². The third kappa shape index (κ3) is 3.86.